The van der Waals surface area contributed by atoms with Gasteiger partial charge < -0.3 is 5.32 Å². The van der Waals surface area contributed by atoms with Gasteiger partial charge in [0.15, 0.2) is 0 Å². The monoisotopic (exact) mass is 209 g/mol. The third-order valence-electron chi connectivity index (χ3n) is 2.84. The van der Waals surface area contributed by atoms with Crippen LogP contribution in [0.2, 0.25) is 0 Å². The average molecular weight is 209 g/mol. The highest BCUT2D eigenvalue weighted by atomic mass is 14.9. The molecule has 0 spiro atoms. The zero-order valence-electron chi connectivity index (χ0n) is 10.7. The van der Waals surface area contributed by atoms with E-state index in [4.69, 9.17) is 0 Å². The maximum atomic E-state index is 3.34. The van der Waals surface area contributed by atoms with E-state index in [1.54, 1.807) is 0 Å². The van der Waals surface area contributed by atoms with Gasteiger partial charge >= 0.3 is 0 Å². The van der Waals surface area contributed by atoms with Gasteiger partial charge in [0, 0.05) is 12.5 Å². The summed E-state index contributed by atoms with van der Waals surface area (Å²) < 4.78 is 0. The summed E-state index contributed by atoms with van der Waals surface area (Å²) in [6.07, 6.45) is 10.6. The summed E-state index contributed by atoms with van der Waals surface area (Å²) in [5.41, 5.74) is 0. The van der Waals surface area contributed by atoms with Crippen LogP contribution in [-0.4, -0.2) is 13.1 Å². The molecular formula is C14H27N. The lowest BCUT2D eigenvalue weighted by molar-refractivity contribution is 0.489. The van der Waals surface area contributed by atoms with Crippen molar-refractivity contribution in [2.75, 3.05) is 7.05 Å². The second-order valence-electron chi connectivity index (χ2n) is 4.17. The second kappa shape index (κ2) is 11.6. The van der Waals surface area contributed by atoms with Gasteiger partial charge in [-0.1, -0.05) is 45.4 Å². The quantitative estimate of drug-likeness (QED) is 0.450. The molecule has 1 nitrogen and oxygen atoms in total. The van der Waals surface area contributed by atoms with E-state index < -0.39 is 0 Å². The molecule has 0 bridgehead atoms. The summed E-state index contributed by atoms with van der Waals surface area (Å²) in [6.45, 7) is 4.18. The van der Waals surface area contributed by atoms with Crippen molar-refractivity contribution in [3.8, 4) is 11.8 Å². The van der Waals surface area contributed by atoms with Crippen LogP contribution >= 0.6 is 0 Å². The molecule has 0 radical (unpaired) electrons. The molecule has 0 aromatic rings. The predicted molar refractivity (Wildman–Crippen MR) is 68.9 cm³/mol. The van der Waals surface area contributed by atoms with Gasteiger partial charge in [-0.25, -0.2) is 0 Å². The molecule has 1 heteroatoms. The van der Waals surface area contributed by atoms with Crippen molar-refractivity contribution in [3.63, 3.8) is 0 Å². The predicted octanol–water partition coefficient (Wildman–Crippen LogP) is 3.74. The highest BCUT2D eigenvalue weighted by molar-refractivity contribution is 4.97. The van der Waals surface area contributed by atoms with Crippen molar-refractivity contribution >= 4 is 0 Å². The minimum atomic E-state index is 0.601. The Labute approximate surface area is 96.0 Å². The molecule has 0 amide bonds. The van der Waals surface area contributed by atoms with Gasteiger partial charge in [0.25, 0.3) is 0 Å². The first-order valence-corrected chi connectivity index (χ1v) is 6.42. The minimum absolute atomic E-state index is 0.601. The fraction of sp³-hybridized carbons (Fsp3) is 0.857. The van der Waals surface area contributed by atoms with E-state index in [-0.39, 0.29) is 0 Å². The van der Waals surface area contributed by atoms with Crippen LogP contribution in [0.5, 0.6) is 0 Å². The van der Waals surface area contributed by atoms with E-state index in [1.807, 2.05) is 14.0 Å². The van der Waals surface area contributed by atoms with Crippen molar-refractivity contribution < 1.29 is 0 Å². The second-order valence-corrected chi connectivity index (χ2v) is 4.17. The summed E-state index contributed by atoms with van der Waals surface area (Å²) in [6, 6.07) is 0.601. The summed E-state index contributed by atoms with van der Waals surface area (Å²) in [4.78, 5) is 0. The van der Waals surface area contributed by atoms with E-state index in [0.29, 0.717) is 6.04 Å². The van der Waals surface area contributed by atoms with Gasteiger partial charge in [0.05, 0.1) is 0 Å². The first kappa shape index (κ1) is 14.5. The molecule has 15 heavy (non-hydrogen) atoms. The molecule has 0 aliphatic heterocycles. The molecule has 0 saturated heterocycles. The Morgan fingerprint density at radius 2 is 1.73 bits per heavy atom. The number of hydrogen-bond acceptors (Lipinski definition) is 1. The third kappa shape index (κ3) is 9.82. The summed E-state index contributed by atoms with van der Waals surface area (Å²) in [7, 11) is 2.04. The summed E-state index contributed by atoms with van der Waals surface area (Å²) in [5, 5.41) is 3.34. The molecule has 0 rings (SSSR count). The Balaban J connectivity index is 3.32. The molecular weight excluding hydrogens is 182 g/mol. The smallest absolute Gasteiger partial charge is 0.0243 e. The van der Waals surface area contributed by atoms with E-state index in [0.717, 1.165) is 6.42 Å². The number of nitrogens with one attached hydrogen (secondary N) is 1. The van der Waals surface area contributed by atoms with Crippen molar-refractivity contribution in [1.82, 2.24) is 5.32 Å². The SMILES string of the molecule is CC#CCC(CCCCCCCC)NC. The standard InChI is InChI=1S/C14H27N/c1-4-6-8-9-10-11-13-14(15-3)12-7-5-2/h14-15H,4,6,8-13H2,1-3H3. The lowest BCUT2D eigenvalue weighted by atomic mass is 10.0. The van der Waals surface area contributed by atoms with Gasteiger partial charge in [-0.3, -0.25) is 0 Å². The lowest BCUT2D eigenvalue weighted by Gasteiger charge is -2.12. The van der Waals surface area contributed by atoms with Crippen molar-refractivity contribution in [1.29, 1.82) is 0 Å². The molecule has 0 heterocycles. The normalized spacial score (nSPS) is 11.9. The van der Waals surface area contributed by atoms with Gasteiger partial charge in [-0.05, 0) is 20.4 Å². The highest BCUT2D eigenvalue weighted by Gasteiger charge is 2.02. The van der Waals surface area contributed by atoms with Crippen molar-refractivity contribution in [2.24, 2.45) is 0 Å². The van der Waals surface area contributed by atoms with Gasteiger partial charge in [-0.15, -0.1) is 11.8 Å². The molecule has 0 saturated carbocycles. The van der Waals surface area contributed by atoms with Gasteiger partial charge in [0.1, 0.15) is 0 Å². The molecule has 1 atom stereocenters. The zero-order chi connectivity index (χ0) is 11.4. The number of unbranched alkanes of at least 4 members (excludes halogenated alkanes) is 5. The molecule has 88 valence electrons. The van der Waals surface area contributed by atoms with Crippen LogP contribution in [-0.2, 0) is 0 Å². The molecule has 1 unspecified atom stereocenters. The molecule has 0 aromatic carbocycles. The van der Waals surface area contributed by atoms with Crippen LogP contribution in [0.4, 0.5) is 0 Å². The molecule has 0 fully saturated rings. The van der Waals surface area contributed by atoms with Crippen LogP contribution in [0.15, 0.2) is 0 Å². The van der Waals surface area contributed by atoms with E-state index in [2.05, 4.69) is 24.1 Å². The number of hydrogen-bond donors (Lipinski definition) is 1. The van der Waals surface area contributed by atoms with Gasteiger partial charge in [0.2, 0.25) is 0 Å². The fourth-order valence-electron chi connectivity index (χ4n) is 1.74. The first-order chi connectivity index (χ1) is 7.35. The molecule has 0 aliphatic rings. The summed E-state index contributed by atoms with van der Waals surface area (Å²) in [5.74, 6) is 6.11. The maximum Gasteiger partial charge on any atom is 0.0243 e. The Morgan fingerprint density at radius 1 is 1.07 bits per heavy atom. The topological polar surface area (TPSA) is 12.0 Å². The average Bonchev–Trinajstić information content (AvgIpc) is 2.27. The van der Waals surface area contributed by atoms with E-state index >= 15 is 0 Å². The lowest BCUT2D eigenvalue weighted by Crippen LogP contribution is -2.24. The molecule has 0 aliphatic carbocycles. The van der Waals surface area contributed by atoms with Crippen LogP contribution in [0.25, 0.3) is 0 Å². The highest BCUT2D eigenvalue weighted by Crippen LogP contribution is 2.09. The zero-order valence-corrected chi connectivity index (χ0v) is 10.7. The Bertz CT molecular complexity index is 176. The Morgan fingerprint density at radius 3 is 2.33 bits per heavy atom. The third-order valence-corrected chi connectivity index (χ3v) is 2.84. The first-order valence-electron chi connectivity index (χ1n) is 6.42. The Hall–Kier alpha value is -0.480. The van der Waals surface area contributed by atoms with Crippen LogP contribution in [0.1, 0.15) is 65.2 Å². The largest absolute Gasteiger partial charge is 0.316 e. The summed E-state index contributed by atoms with van der Waals surface area (Å²) >= 11 is 0. The van der Waals surface area contributed by atoms with Gasteiger partial charge in [-0.2, -0.15) is 0 Å². The van der Waals surface area contributed by atoms with Crippen molar-refractivity contribution in [3.05, 3.63) is 0 Å². The molecule has 1 N–H and O–H groups in total. The van der Waals surface area contributed by atoms with Crippen LogP contribution in [0, 0.1) is 11.8 Å². The minimum Gasteiger partial charge on any atom is -0.316 e. The Kier molecular flexibility index (Phi) is 11.2. The fourth-order valence-corrected chi connectivity index (χ4v) is 1.74. The van der Waals surface area contributed by atoms with E-state index in [9.17, 15) is 0 Å². The maximum absolute atomic E-state index is 3.34. The van der Waals surface area contributed by atoms with Crippen molar-refractivity contribution in [2.45, 2.75) is 71.3 Å². The molecule has 0 aromatic heterocycles. The number of rotatable bonds is 9. The van der Waals surface area contributed by atoms with Crippen LogP contribution < -0.4 is 5.32 Å². The van der Waals surface area contributed by atoms with E-state index in [1.165, 1.54) is 44.9 Å². The van der Waals surface area contributed by atoms with Crippen LogP contribution in [0.3, 0.4) is 0 Å².